The van der Waals surface area contributed by atoms with Crippen LogP contribution in [0.2, 0.25) is 0 Å². The Morgan fingerprint density at radius 2 is 1.50 bits per heavy atom. The average Bonchev–Trinajstić information content (AvgIpc) is 2.47. The molecule has 0 saturated heterocycles. The van der Waals surface area contributed by atoms with Crippen LogP contribution in [-0.2, 0) is 0 Å². The highest BCUT2D eigenvalue weighted by Crippen LogP contribution is 2.42. The van der Waals surface area contributed by atoms with Gasteiger partial charge in [0.1, 0.15) is 0 Å². The predicted molar refractivity (Wildman–Crippen MR) is 79.5 cm³/mol. The molecule has 116 valence electrons. The van der Waals surface area contributed by atoms with E-state index in [4.69, 9.17) is 5.73 Å². The third kappa shape index (κ3) is 4.28. The Morgan fingerprint density at radius 1 is 1.00 bits per heavy atom. The van der Waals surface area contributed by atoms with Gasteiger partial charge in [0.2, 0.25) is 0 Å². The lowest BCUT2D eigenvalue weighted by molar-refractivity contribution is 0.145. The molecular formula is C17H29F2N. The van der Waals surface area contributed by atoms with E-state index in [1.807, 2.05) is 0 Å². The van der Waals surface area contributed by atoms with Crippen molar-refractivity contribution in [2.75, 3.05) is 0 Å². The summed E-state index contributed by atoms with van der Waals surface area (Å²) < 4.78 is 24.5. The second-order valence-electron chi connectivity index (χ2n) is 6.88. The molecule has 0 aromatic rings. The van der Waals surface area contributed by atoms with E-state index < -0.39 is 6.08 Å². The van der Waals surface area contributed by atoms with Gasteiger partial charge in [-0.2, -0.15) is 8.78 Å². The summed E-state index contributed by atoms with van der Waals surface area (Å²) in [5.74, 6) is 2.45. The molecule has 1 nitrogen and oxygen atoms in total. The zero-order valence-corrected chi connectivity index (χ0v) is 12.7. The van der Waals surface area contributed by atoms with Crippen LogP contribution in [0.25, 0.3) is 0 Å². The Morgan fingerprint density at radius 3 is 1.95 bits per heavy atom. The SMILES string of the molecule is CCC(N)C1CCC(C2CCC(C=C(F)F)CC2)CC1. The second-order valence-corrected chi connectivity index (χ2v) is 6.88. The highest BCUT2D eigenvalue weighted by atomic mass is 19.3. The number of nitrogens with two attached hydrogens (primary N) is 1. The minimum absolute atomic E-state index is 0.126. The van der Waals surface area contributed by atoms with Crippen LogP contribution >= 0.6 is 0 Å². The minimum atomic E-state index is -1.50. The maximum absolute atomic E-state index is 12.3. The van der Waals surface area contributed by atoms with Crippen molar-refractivity contribution >= 4 is 0 Å². The molecular weight excluding hydrogens is 256 g/mol. The van der Waals surface area contributed by atoms with E-state index >= 15 is 0 Å². The molecule has 2 aliphatic carbocycles. The first-order valence-corrected chi connectivity index (χ1v) is 8.38. The first kappa shape index (κ1) is 15.9. The molecule has 2 aliphatic rings. The van der Waals surface area contributed by atoms with Gasteiger partial charge in [-0.3, -0.25) is 0 Å². The second kappa shape index (κ2) is 7.53. The standard InChI is InChI=1S/C17H29F2N/c1-2-16(20)15-9-7-14(8-10-15)13-5-3-12(4-6-13)11-17(18)19/h11-16H,2-10,20H2,1H3. The number of hydrogen-bond donors (Lipinski definition) is 1. The Kier molecular flexibility index (Phi) is 6.01. The van der Waals surface area contributed by atoms with Crippen LogP contribution in [0.4, 0.5) is 8.78 Å². The monoisotopic (exact) mass is 285 g/mol. The number of hydrogen-bond acceptors (Lipinski definition) is 1. The van der Waals surface area contributed by atoms with Gasteiger partial charge in [0.05, 0.1) is 0 Å². The summed E-state index contributed by atoms with van der Waals surface area (Å²) in [7, 11) is 0. The van der Waals surface area contributed by atoms with Gasteiger partial charge in [-0.25, -0.2) is 0 Å². The molecule has 0 spiro atoms. The maximum Gasteiger partial charge on any atom is 0.266 e. The molecule has 0 aromatic heterocycles. The zero-order valence-electron chi connectivity index (χ0n) is 12.7. The molecule has 0 bridgehead atoms. The Balaban J connectivity index is 1.74. The highest BCUT2D eigenvalue weighted by molar-refractivity contribution is 4.92. The van der Waals surface area contributed by atoms with Crippen molar-refractivity contribution in [2.45, 2.75) is 70.8 Å². The third-order valence-electron chi connectivity index (χ3n) is 5.74. The predicted octanol–water partition coefficient (Wildman–Crippen LogP) is 5.12. The number of rotatable bonds is 4. The van der Waals surface area contributed by atoms with Gasteiger partial charge in [-0.1, -0.05) is 6.92 Å². The Labute approximate surface area is 122 Å². The maximum atomic E-state index is 12.3. The fourth-order valence-electron chi connectivity index (χ4n) is 4.34. The summed E-state index contributed by atoms with van der Waals surface area (Å²) >= 11 is 0. The van der Waals surface area contributed by atoms with E-state index in [1.54, 1.807) is 0 Å². The molecule has 2 rings (SSSR count). The van der Waals surface area contributed by atoms with Gasteiger partial charge in [0, 0.05) is 6.04 Å². The van der Waals surface area contributed by atoms with Gasteiger partial charge in [0.15, 0.2) is 0 Å². The van der Waals surface area contributed by atoms with Gasteiger partial charge >= 0.3 is 0 Å². The molecule has 20 heavy (non-hydrogen) atoms. The van der Waals surface area contributed by atoms with Crippen LogP contribution in [0.15, 0.2) is 12.2 Å². The summed E-state index contributed by atoms with van der Waals surface area (Å²) in [5.41, 5.74) is 6.16. The molecule has 1 unspecified atom stereocenters. The average molecular weight is 285 g/mol. The van der Waals surface area contributed by atoms with Crippen molar-refractivity contribution < 1.29 is 8.78 Å². The van der Waals surface area contributed by atoms with E-state index in [1.165, 1.54) is 31.8 Å². The smallest absolute Gasteiger partial charge is 0.266 e. The van der Waals surface area contributed by atoms with Crippen LogP contribution < -0.4 is 5.73 Å². The van der Waals surface area contributed by atoms with Crippen molar-refractivity contribution in [2.24, 2.45) is 29.4 Å². The number of allylic oxidation sites excluding steroid dienone is 1. The van der Waals surface area contributed by atoms with Gasteiger partial charge in [-0.15, -0.1) is 0 Å². The van der Waals surface area contributed by atoms with Gasteiger partial charge in [0.25, 0.3) is 6.08 Å². The summed E-state index contributed by atoms with van der Waals surface area (Å²) in [4.78, 5) is 0. The quantitative estimate of drug-likeness (QED) is 0.762. The Hall–Kier alpha value is -0.440. The molecule has 2 fully saturated rings. The minimum Gasteiger partial charge on any atom is -0.327 e. The Bertz CT molecular complexity index is 309. The molecule has 2 N–H and O–H groups in total. The summed E-state index contributed by atoms with van der Waals surface area (Å²) in [6.07, 6.45) is 10.1. The van der Waals surface area contributed by atoms with Crippen molar-refractivity contribution in [3.05, 3.63) is 12.2 Å². The van der Waals surface area contributed by atoms with Gasteiger partial charge < -0.3 is 5.73 Å². The van der Waals surface area contributed by atoms with E-state index in [0.29, 0.717) is 6.04 Å². The first-order valence-electron chi connectivity index (χ1n) is 8.38. The third-order valence-corrected chi connectivity index (χ3v) is 5.74. The van der Waals surface area contributed by atoms with Crippen molar-refractivity contribution in [1.82, 2.24) is 0 Å². The summed E-state index contributed by atoms with van der Waals surface area (Å²) in [6.45, 7) is 2.18. The fourth-order valence-corrected chi connectivity index (χ4v) is 4.34. The van der Waals surface area contributed by atoms with Crippen molar-refractivity contribution in [3.8, 4) is 0 Å². The lowest BCUT2D eigenvalue weighted by Gasteiger charge is -2.38. The van der Waals surface area contributed by atoms with Crippen LogP contribution in [0.1, 0.15) is 64.7 Å². The highest BCUT2D eigenvalue weighted by Gasteiger charge is 2.31. The normalized spacial score (nSPS) is 36.4. The van der Waals surface area contributed by atoms with E-state index in [-0.39, 0.29) is 5.92 Å². The first-order chi connectivity index (χ1) is 9.60. The largest absolute Gasteiger partial charge is 0.327 e. The van der Waals surface area contributed by atoms with E-state index in [0.717, 1.165) is 49.9 Å². The lowest BCUT2D eigenvalue weighted by atomic mass is 9.68. The lowest BCUT2D eigenvalue weighted by Crippen LogP contribution is -2.34. The fraction of sp³-hybridized carbons (Fsp3) is 0.882. The molecule has 1 atom stereocenters. The van der Waals surface area contributed by atoms with Crippen molar-refractivity contribution in [3.63, 3.8) is 0 Å². The molecule has 3 heteroatoms. The van der Waals surface area contributed by atoms with Crippen LogP contribution in [0.5, 0.6) is 0 Å². The molecule has 0 aromatic carbocycles. The molecule has 0 aliphatic heterocycles. The molecule has 0 radical (unpaired) electrons. The van der Waals surface area contributed by atoms with Crippen LogP contribution in [0, 0.1) is 23.7 Å². The molecule has 0 heterocycles. The van der Waals surface area contributed by atoms with E-state index in [2.05, 4.69) is 6.92 Å². The summed E-state index contributed by atoms with van der Waals surface area (Å²) in [6, 6.07) is 0.379. The van der Waals surface area contributed by atoms with Crippen LogP contribution in [0.3, 0.4) is 0 Å². The number of halogens is 2. The van der Waals surface area contributed by atoms with Crippen LogP contribution in [-0.4, -0.2) is 6.04 Å². The topological polar surface area (TPSA) is 26.0 Å². The van der Waals surface area contributed by atoms with Gasteiger partial charge in [-0.05, 0) is 87.5 Å². The zero-order chi connectivity index (χ0) is 14.5. The molecule has 2 saturated carbocycles. The molecule has 0 amide bonds. The summed E-state index contributed by atoms with van der Waals surface area (Å²) in [5, 5.41) is 0. The van der Waals surface area contributed by atoms with Crippen molar-refractivity contribution in [1.29, 1.82) is 0 Å². The van der Waals surface area contributed by atoms with E-state index in [9.17, 15) is 8.78 Å².